The van der Waals surface area contributed by atoms with Crippen LogP contribution >= 0.6 is 0 Å². The second-order valence-corrected chi connectivity index (χ2v) is 5.70. The van der Waals surface area contributed by atoms with Gasteiger partial charge >= 0.3 is 0 Å². The van der Waals surface area contributed by atoms with Crippen LogP contribution < -0.4 is 11.1 Å². The zero-order valence-electron chi connectivity index (χ0n) is 10.2. The van der Waals surface area contributed by atoms with Crippen molar-refractivity contribution >= 4 is 21.4 Å². The Kier molecular flexibility index (Phi) is 4.83. The van der Waals surface area contributed by atoms with Crippen LogP contribution in [0.4, 0.5) is 5.69 Å². The third kappa shape index (κ3) is 3.52. The number of rotatable bonds is 5. The number of carbonyl (C=O) groups is 1. The normalized spacial score (nSPS) is 13.1. The molecule has 0 aliphatic heterocycles. The number of hydrogen-bond acceptors (Lipinski definition) is 5. The average Bonchev–Trinajstić information content (AvgIpc) is 2.30. The van der Waals surface area contributed by atoms with Gasteiger partial charge in [0.1, 0.15) is 6.10 Å². The highest BCUT2D eigenvalue weighted by Crippen LogP contribution is 2.20. The van der Waals surface area contributed by atoms with E-state index in [0.29, 0.717) is 0 Å². The summed E-state index contributed by atoms with van der Waals surface area (Å²) in [4.78, 5) is 11.8. The van der Waals surface area contributed by atoms with Crippen molar-refractivity contribution in [2.24, 2.45) is 5.73 Å². The predicted molar refractivity (Wildman–Crippen MR) is 68.0 cm³/mol. The molecule has 18 heavy (non-hydrogen) atoms. The van der Waals surface area contributed by atoms with Crippen molar-refractivity contribution < 1.29 is 17.9 Å². The number of nitrogens with two attached hydrogens (primary N) is 1. The lowest BCUT2D eigenvalue weighted by Gasteiger charge is -2.14. The number of carbonyl (C=O) groups excluding carboxylic acids is 1. The van der Waals surface area contributed by atoms with Crippen LogP contribution in [0.2, 0.25) is 0 Å². The van der Waals surface area contributed by atoms with Crippen molar-refractivity contribution in [3.8, 4) is 0 Å². The minimum absolute atomic E-state index is 0.0172. The molecule has 1 unspecified atom stereocenters. The Bertz CT molecular complexity index is 524. The first-order chi connectivity index (χ1) is 8.40. The number of benzene rings is 1. The number of methoxy groups -OCH3 is 1. The monoisotopic (exact) mass is 272 g/mol. The molecule has 0 spiro atoms. The molecule has 0 aliphatic carbocycles. The van der Waals surface area contributed by atoms with Gasteiger partial charge in [-0.3, -0.25) is 4.79 Å². The Morgan fingerprint density at radius 3 is 2.56 bits per heavy atom. The summed E-state index contributed by atoms with van der Waals surface area (Å²) >= 11 is 0. The molecular weight excluding hydrogens is 256 g/mol. The molecule has 1 aromatic rings. The molecular formula is C11H16N2O4S. The molecule has 0 aliphatic rings. The van der Waals surface area contributed by atoms with Crippen LogP contribution in [0, 0.1) is 0 Å². The summed E-state index contributed by atoms with van der Waals surface area (Å²) in [6.07, 6.45) is 0.270. The molecule has 6 nitrogen and oxygen atoms in total. The highest BCUT2D eigenvalue weighted by molar-refractivity contribution is 7.90. The van der Waals surface area contributed by atoms with E-state index in [1.165, 1.54) is 19.2 Å². The molecule has 1 aromatic carbocycles. The maximum atomic E-state index is 11.7. The molecule has 100 valence electrons. The third-order valence-electron chi connectivity index (χ3n) is 2.34. The molecule has 1 amide bonds. The Hall–Kier alpha value is -1.44. The fourth-order valence-corrected chi connectivity index (χ4v) is 2.26. The minimum atomic E-state index is -3.41. The van der Waals surface area contributed by atoms with E-state index in [4.69, 9.17) is 10.5 Å². The lowest BCUT2D eigenvalue weighted by Crippen LogP contribution is -2.36. The molecule has 0 aromatic heterocycles. The van der Waals surface area contributed by atoms with E-state index >= 15 is 0 Å². The fourth-order valence-electron chi connectivity index (χ4n) is 1.42. The topological polar surface area (TPSA) is 98.5 Å². The van der Waals surface area contributed by atoms with Crippen molar-refractivity contribution in [2.45, 2.75) is 11.0 Å². The maximum Gasteiger partial charge on any atom is 0.254 e. The highest BCUT2D eigenvalue weighted by atomic mass is 32.2. The van der Waals surface area contributed by atoms with E-state index in [1.807, 2.05) is 0 Å². The van der Waals surface area contributed by atoms with E-state index in [0.717, 1.165) is 6.26 Å². The largest absolute Gasteiger partial charge is 0.370 e. The molecule has 0 bridgehead atoms. The number of amides is 1. The van der Waals surface area contributed by atoms with Crippen molar-refractivity contribution in [1.29, 1.82) is 0 Å². The summed E-state index contributed by atoms with van der Waals surface area (Å²) in [5, 5.41) is 2.50. The van der Waals surface area contributed by atoms with E-state index < -0.39 is 21.8 Å². The van der Waals surface area contributed by atoms with Gasteiger partial charge in [0.15, 0.2) is 9.84 Å². The van der Waals surface area contributed by atoms with Crippen LogP contribution in [-0.2, 0) is 19.4 Å². The van der Waals surface area contributed by atoms with Crippen LogP contribution in [0.3, 0.4) is 0 Å². The van der Waals surface area contributed by atoms with Gasteiger partial charge in [-0.05, 0) is 12.1 Å². The summed E-state index contributed by atoms with van der Waals surface area (Å²) in [5.74, 6) is -0.476. The molecule has 0 fully saturated rings. The molecule has 0 heterocycles. The second kappa shape index (κ2) is 5.94. The first-order valence-electron chi connectivity index (χ1n) is 5.23. The standard InChI is InChI=1S/C11H16N2O4S/c1-17-9(7-12)11(14)13-8-5-3-4-6-10(8)18(2,15)16/h3-6,9H,7,12H2,1-2H3,(H,13,14). The van der Waals surface area contributed by atoms with E-state index in [-0.39, 0.29) is 17.1 Å². The van der Waals surface area contributed by atoms with E-state index in [1.54, 1.807) is 12.1 Å². The molecule has 1 rings (SSSR count). The first-order valence-corrected chi connectivity index (χ1v) is 7.12. The van der Waals surface area contributed by atoms with Crippen molar-refractivity contribution in [1.82, 2.24) is 0 Å². The summed E-state index contributed by atoms with van der Waals surface area (Å²) < 4.78 is 27.9. The molecule has 1 atom stereocenters. The lowest BCUT2D eigenvalue weighted by molar-refractivity contribution is -0.125. The smallest absolute Gasteiger partial charge is 0.254 e. The summed E-state index contributed by atoms with van der Waals surface area (Å²) in [6, 6.07) is 6.16. The average molecular weight is 272 g/mol. The molecule has 0 radical (unpaired) electrons. The zero-order valence-corrected chi connectivity index (χ0v) is 11.0. The maximum absolute atomic E-state index is 11.7. The van der Waals surface area contributed by atoms with Gasteiger partial charge in [0.25, 0.3) is 5.91 Å². The molecule has 7 heteroatoms. The molecule has 0 saturated carbocycles. The van der Waals surface area contributed by atoms with Gasteiger partial charge in [-0.15, -0.1) is 0 Å². The first kappa shape index (κ1) is 14.6. The van der Waals surface area contributed by atoms with Crippen LogP contribution in [0.5, 0.6) is 0 Å². The number of ether oxygens (including phenoxy) is 1. The number of hydrogen-bond donors (Lipinski definition) is 2. The molecule has 0 saturated heterocycles. The van der Waals surface area contributed by atoms with Crippen LogP contribution in [0.25, 0.3) is 0 Å². The number of sulfone groups is 1. The van der Waals surface area contributed by atoms with Gasteiger partial charge in [0, 0.05) is 19.9 Å². The van der Waals surface area contributed by atoms with Crippen molar-refractivity contribution in [3.63, 3.8) is 0 Å². The lowest BCUT2D eigenvalue weighted by atomic mass is 10.3. The van der Waals surface area contributed by atoms with E-state index in [2.05, 4.69) is 5.32 Å². The van der Waals surface area contributed by atoms with Gasteiger partial charge in [-0.2, -0.15) is 0 Å². The van der Waals surface area contributed by atoms with Gasteiger partial charge in [0.2, 0.25) is 0 Å². The highest BCUT2D eigenvalue weighted by Gasteiger charge is 2.19. The van der Waals surface area contributed by atoms with Crippen molar-refractivity contribution in [3.05, 3.63) is 24.3 Å². The third-order valence-corrected chi connectivity index (χ3v) is 3.49. The van der Waals surface area contributed by atoms with Gasteiger partial charge in [-0.1, -0.05) is 12.1 Å². The minimum Gasteiger partial charge on any atom is -0.370 e. The number of anilines is 1. The molecule has 3 N–H and O–H groups in total. The predicted octanol–water partition coefficient (Wildman–Crippen LogP) is 0.00230. The fraction of sp³-hybridized carbons (Fsp3) is 0.364. The Morgan fingerprint density at radius 1 is 1.44 bits per heavy atom. The Morgan fingerprint density at radius 2 is 2.06 bits per heavy atom. The van der Waals surface area contributed by atoms with E-state index in [9.17, 15) is 13.2 Å². The Balaban J connectivity index is 3.02. The SMILES string of the molecule is COC(CN)C(=O)Nc1ccccc1S(C)(=O)=O. The summed E-state index contributed by atoms with van der Waals surface area (Å²) in [6.45, 7) is 0.0172. The van der Waals surface area contributed by atoms with Crippen molar-refractivity contribution in [2.75, 3.05) is 25.2 Å². The summed E-state index contributed by atoms with van der Waals surface area (Å²) in [5.41, 5.74) is 5.58. The van der Waals surface area contributed by atoms with Crippen LogP contribution in [0.15, 0.2) is 29.2 Å². The second-order valence-electron chi connectivity index (χ2n) is 3.72. The van der Waals surface area contributed by atoms with Crippen LogP contribution in [-0.4, -0.2) is 40.3 Å². The van der Waals surface area contributed by atoms with Gasteiger partial charge in [0.05, 0.1) is 10.6 Å². The van der Waals surface area contributed by atoms with Crippen LogP contribution in [0.1, 0.15) is 0 Å². The number of para-hydroxylation sites is 1. The Labute approximate surface area is 106 Å². The zero-order chi connectivity index (χ0) is 13.8. The summed E-state index contributed by atoms with van der Waals surface area (Å²) in [7, 11) is -2.04. The van der Waals surface area contributed by atoms with Gasteiger partial charge < -0.3 is 15.8 Å². The number of nitrogens with one attached hydrogen (secondary N) is 1. The van der Waals surface area contributed by atoms with Gasteiger partial charge in [-0.25, -0.2) is 8.42 Å². The quantitative estimate of drug-likeness (QED) is 0.786.